The van der Waals surface area contributed by atoms with E-state index < -0.39 is 0 Å². The number of nitrogens with one attached hydrogen (secondary N) is 1. The number of anilines is 2. The van der Waals surface area contributed by atoms with Gasteiger partial charge in [-0.05, 0) is 36.1 Å². The number of hydrogen-bond acceptors (Lipinski definition) is 3. The number of nitrogens with zero attached hydrogens (tertiary/aromatic N) is 2. The summed E-state index contributed by atoms with van der Waals surface area (Å²) in [5.74, 6) is 0. The van der Waals surface area contributed by atoms with Crippen molar-refractivity contribution < 1.29 is 0 Å². The van der Waals surface area contributed by atoms with Gasteiger partial charge in [0.25, 0.3) is 0 Å². The van der Waals surface area contributed by atoms with Crippen LogP contribution >= 0.6 is 0 Å². The third-order valence-electron chi connectivity index (χ3n) is 5.08. The van der Waals surface area contributed by atoms with Gasteiger partial charge in [0.05, 0.1) is 0 Å². The number of piperazine rings is 1. The molecule has 0 unspecified atom stereocenters. The molecule has 2 aliphatic heterocycles. The van der Waals surface area contributed by atoms with Crippen molar-refractivity contribution in [2.75, 3.05) is 44.2 Å². The number of para-hydroxylation sites is 2. The van der Waals surface area contributed by atoms with E-state index >= 15 is 0 Å². The predicted molar refractivity (Wildman–Crippen MR) is 96.6 cm³/mol. The molecule has 0 atom stereocenters. The molecular weight excluding hydrogens is 282 g/mol. The van der Waals surface area contributed by atoms with Crippen LogP contribution < -0.4 is 10.2 Å². The monoisotopic (exact) mass is 307 g/mol. The van der Waals surface area contributed by atoms with E-state index in [1.807, 2.05) is 0 Å². The molecule has 2 aromatic rings. The topological polar surface area (TPSA) is 18.5 Å². The van der Waals surface area contributed by atoms with E-state index in [0.29, 0.717) is 0 Å². The molecule has 0 aliphatic carbocycles. The SMILES string of the molecule is c1ccc2c(c1)CCc1ccccc1N2CCN1CCNCC1. The second-order valence-electron chi connectivity index (χ2n) is 6.50. The van der Waals surface area contributed by atoms with Crippen molar-refractivity contribution >= 4 is 11.4 Å². The highest BCUT2D eigenvalue weighted by atomic mass is 15.2. The molecule has 2 heterocycles. The molecular formula is C20H25N3. The van der Waals surface area contributed by atoms with Gasteiger partial charge < -0.3 is 10.2 Å². The maximum atomic E-state index is 3.44. The van der Waals surface area contributed by atoms with Crippen molar-refractivity contribution in [2.24, 2.45) is 0 Å². The van der Waals surface area contributed by atoms with Crippen LogP contribution in [0.1, 0.15) is 11.1 Å². The first-order chi connectivity index (χ1) is 11.4. The molecule has 1 saturated heterocycles. The molecule has 2 aromatic carbocycles. The molecule has 120 valence electrons. The van der Waals surface area contributed by atoms with Crippen molar-refractivity contribution in [3.8, 4) is 0 Å². The summed E-state index contributed by atoms with van der Waals surface area (Å²) in [6.45, 7) is 6.76. The van der Waals surface area contributed by atoms with Crippen molar-refractivity contribution in [2.45, 2.75) is 12.8 Å². The van der Waals surface area contributed by atoms with E-state index in [1.165, 1.54) is 22.5 Å². The van der Waals surface area contributed by atoms with Gasteiger partial charge in [-0.2, -0.15) is 0 Å². The van der Waals surface area contributed by atoms with Gasteiger partial charge in [0.2, 0.25) is 0 Å². The van der Waals surface area contributed by atoms with Crippen LogP contribution in [0.25, 0.3) is 0 Å². The Kier molecular flexibility index (Phi) is 4.31. The van der Waals surface area contributed by atoms with Crippen LogP contribution in [0.2, 0.25) is 0 Å². The molecule has 23 heavy (non-hydrogen) atoms. The lowest BCUT2D eigenvalue weighted by molar-refractivity contribution is 0.247. The number of benzene rings is 2. The van der Waals surface area contributed by atoms with Crippen molar-refractivity contribution in [1.82, 2.24) is 10.2 Å². The zero-order valence-electron chi connectivity index (χ0n) is 13.7. The molecule has 0 bridgehead atoms. The Labute approximate surface area is 138 Å². The number of aryl methyl sites for hydroxylation is 2. The van der Waals surface area contributed by atoms with Gasteiger partial charge in [-0.3, -0.25) is 4.90 Å². The summed E-state index contributed by atoms with van der Waals surface area (Å²) in [6.07, 6.45) is 2.27. The maximum Gasteiger partial charge on any atom is 0.0443 e. The van der Waals surface area contributed by atoms with Gasteiger partial charge in [-0.15, -0.1) is 0 Å². The van der Waals surface area contributed by atoms with Gasteiger partial charge >= 0.3 is 0 Å². The summed E-state index contributed by atoms with van der Waals surface area (Å²) in [5.41, 5.74) is 5.74. The highest BCUT2D eigenvalue weighted by Gasteiger charge is 2.20. The quantitative estimate of drug-likeness (QED) is 0.941. The average molecular weight is 307 g/mol. The smallest absolute Gasteiger partial charge is 0.0443 e. The van der Waals surface area contributed by atoms with Crippen LogP contribution in [0.15, 0.2) is 48.5 Å². The number of rotatable bonds is 3. The van der Waals surface area contributed by atoms with Crippen molar-refractivity contribution in [3.05, 3.63) is 59.7 Å². The summed E-state index contributed by atoms with van der Waals surface area (Å²) >= 11 is 0. The first kappa shape index (κ1) is 14.7. The Morgan fingerprint density at radius 3 is 1.91 bits per heavy atom. The minimum atomic E-state index is 1.06. The van der Waals surface area contributed by atoms with E-state index in [9.17, 15) is 0 Å². The standard InChI is InChI=1S/C20H25N3/c1-3-7-19-17(5-1)9-10-18-6-2-4-8-20(18)23(19)16-15-22-13-11-21-12-14-22/h1-8,21H,9-16H2. The molecule has 2 aliphatic rings. The molecule has 4 rings (SSSR count). The zero-order valence-corrected chi connectivity index (χ0v) is 13.7. The molecule has 3 heteroatoms. The highest BCUT2D eigenvalue weighted by molar-refractivity contribution is 5.71. The molecule has 3 nitrogen and oxygen atoms in total. The lowest BCUT2D eigenvalue weighted by Gasteiger charge is -2.32. The summed E-state index contributed by atoms with van der Waals surface area (Å²) < 4.78 is 0. The third kappa shape index (κ3) is 3.12. The van der Waals surface area contributed by atoms with E-state index in [-0.39, 0.29) is 0 Å². The predicted octanol–water partition coefficient (Wildman–Crippen LogP) is 2.83. The van der Waals surface area contributed by atoms with E-state index in [0.717, 1.165) is 52.1 Å². The molecule has 0 radical (unpaired) electrons. The van der Waals surface area contributed by atoms with E-state index in [4.69, 9.17) is 0 Å². The van der Waals surface area contributed by atoms with Gasteiger partial charge in [0.1, 0.15) is 0 Å². The summed E-state index contributed by atoms with van der Waals surface area (Å²) in [6, 6.07) is 17.8. The minimum absolute atomic E-state index is 1.06. The Morgan fingerprint density at radius 2 is 1.30 bits per heavy atom. The van der Waals surface area contributed by atoms with Crippen LogP contribution in [0.5, 0.6) is 0 Å². The van der Waals surface area contributed by atoms with Crippen LogP contribution in [-0.4, -0.2) is 44.2 Å². The fourth-order valence-electron chi connectivity index (χ4n) is 3.79. The van der Waals surface area contributed by atoms with E-state index in [2.05, 4.69) is 63.6 Å². The Morgan fingerprint density at radius 1 is 0.739 bits per heavy atom. The number of hydrogen-bond donors (Lipinski definition) is 1. The van der Waals surface area contributed by atoms with Crippen molar-refractivity contribution in [3.63, 3.8) is 0 Å². The maximum absolute atomic E-state index is 3.44. The molecule has 1 fully saturated rings. The van der Waals surface area contributed by atoms with Gasteiger partial charge in [-0.1, -0.05) is 36.4 Å². The fraction of sp³-hybridized carbons (Fsp3) is 0.400. The van der Waals surface area contributed by atoms with E-state index in [1.54, 1.807) is 0 Å². The van der Waals surface area contributed by atoms with Gasteiger partial charge in [0, 0.05) is 50.6 Å². The van der Waals surface area contributed by atoms with Crippen LogP contribution in [0.4, 0.5) is 11.4 Å². The molecule has 0 amide bonds. The highest BCUT2D eigenvalue weighted by Crippen LogP contribution is 2.35. The Bertz CT molecular complexity index is 614. The van der Waals surface area contributed by atoms with Gasteiger partial charge in [0.15, 0.2) is 0 Å². The lowest BCUT2D eigenvalue weighted by atomic mass is 10.0. The van der Waals surface area contributed by atoms with Crippen molar-refractivity contribution in [1.29, 1.82) is 0 Å². The normalized spacial score (nSPS) is 18.2. The molecule has 0 spiro atoms. The average Bonchev–Trinajstić information content (AvgIpc) is 2.78. The molecule has 1 N–H and O–H groups in total. The third-order valence-corrected chi connectivity index (χ3v) is 5.08. The lowest BCUT2D eigenvalue weighted by Crippen LogP contribution is -2.46. The summed E-state index contributed by atoms with van der Waals surface area (Å²) in [5, 5.41) is 3.44. The second kappa shape index (κ2) is 6.73. The minimum Gasteiger partial charge on any atom is -0.340 e. The first-order valence-electron chi connectivity index (χ1n) is 8.78. The number of fused-ring (bicyclic) bond motifs is 2. The van der Waals surface area contributed by atoms with Crippen LogP contribution in [0.3, 0.4) is 0 Å². The summed E-state index contributed by atoms with van der Waals surface area (Å²) in [7, 11) is 0. The second-order valence-corrected chi connectivity index (χ2v) is 6.50. The Balaban J connectivity index is 1.63. The molecule has 0 aromatic heterocycles. The zero-order chi connectivity index (χ0) is 15.5. The summed E-state index contributed by atoms with van der Waals surface area (Å²) in [4.78, 5) is 5.12. The Hall–Kier alpha value is -1.84. The largest absolute Gasteiger partial charge is 0.340 e. The first-order valence-corrected chi connectivity index (χ1v) is 8.78. The molecule has 0 saturated carbocycles. The fourth-order valence-corrected chi connectivity index (χ4v) is 3.79. The van der Waals surface area contributed by atoms with Crippen LogP contribution in [-0.2, 0) is 12.8 Å². The van der Waals surface area contributed by atoms with Crippen LogP contribution in [0, 0.1) is 0 Å². The van der Waals surface area contributed by atoms with Gasteiger partial charge in [-0.25, -0.2) is 0 Å².